The van der Waals surface area contributed by atoms with E-state index in [1.54, 1.807) is 7.05 Å². The monoisotopic (exact) mass is 312 g/mol. The standard InChI is InChI=1S/C12H10ClFN4O3/c1-6-10(18(19)20)11(17-12(15-2)16-6)21-9-4-3-7(14)5-8(9)13/h3-5H,1-2H3,(H,15,16,17). The molecule has 2 aromatic rings. The molecule has 0 aliphatic carbocycles. The highest BCUT2D eigenvalue weighted by molar-refractivity contribution is 6.32. The van der Waals surface area contributed by atoms with E-state index in [-0.39, 0.29) is 34.0 Å². The molecule has 1 aromatic heterocycles. The third-order valence-corrected chi connectivity index (χ3v) is 2.83. The molecule has 0 spiro atoms. The zero-order valence-electron chi connectivity index (χ0n) is 11.1. The molecule has 0 saturated heterocycles. The number of ether oxygens (including phenoxy) is 1. The summed E-state index contributed by atoms with van der Waals surface area (Å²) in [5, 5.41) is 13.7. The summed E-state index contributed by atoms with van der Waals surface area (Å²) in [6.45, 7) is 1.46. The highest BCUT2D eigenvalue weighted by Gasteiger charge is 2.24. The predicted molar refractivity (Wildman–Crippen MR) is 74.5 cm³/mol. The maximum Gasteiger partial charge on any atom is 0.352 e. The first-order chi connectivity index (χ1) is 9.92. The largest absolute Gasteiger partial charge is 0.432 e. The Labute approximate surface area is 123 Å². The van der Waals surface area contributed by atoms with Crippen LogP contribution in [0.4, 0.5) is 16.0 Å². The minimum Gasteiger partial charge on any atom is -0.432 e. The van der Waals surface area contributed by atoms with Crippen molar-refractivity contribution in [3.63, 3.8) is 0 Å². The zero-order chi connectivity index (χ0) is 15.6. The highest BCUT2D eigenvalue weighted by atomic mass is 35.5. The molecular weight excluding hydrogens is 303 g/mol. The van der Waals surface area contributed by atoms with Crippen LogP contribution < -0.4 is 10.1 Å². The summed E-state index contributed by atoms with van der Waals surface area (Å²) in [6.07, 6.45) is 0. The van der Waals surface area contributed by atoms with Gasteiger partial charge in [-0.05, 0) is 25.1 Å². The molecule has 0 atom stereocenters. The second-order valence-corrected chi connectivity index (χ2v) is 4.38. The molecule has 0 aliphatic heterocycles. The number of aromatic nitrogens is 2. The van der Waals surface area contributed by atoms with Crippen molar-refractivity contribution in [3.05, 3.63) is 44.8 Å². The number of nitrogens with one attached hydrogen (secondary N) is 1. The van der Waals surface area contributed by atoms with Crippen LogP contribution in [0.3, 0.4) is 0 Å². The third-order valence-electron chi connectivity index (χ3n) is 2.53. The molecule has 1 aromatic carbocycles. The van der Waals surface area contributed by atoms with Gasteiger partial charge in [-0.3, -0.25) is 10.1 Å². The van der Waals surface area contributed by atoms with E-state index in [2.05, 4.69) is 15.3 Å². The maximum atomic E-state index is 13.0. The summed E-state index contributed by atoms with van der Waals surface area (Å²) < 4.78 is 18.3. The van der Waals surface area contributed by atoms with Crippen LogP contribution >= 0.6 is 11.6 Å². The van der Waals surface area contributed by atoms with Gasteiger partial charge in [-0.25, -0.2) is 9.37 Å². The first-order valence-corrected chi connectivity index (χ1v) is 6.14. The van der Waals surface area contributed by atoms with E-state index in [9.17, 15) is 14.5 Å². The molecule has 1 N–H and O–H groups in total. The Morgan fingerprint density at radius 3 is 2.71 bits per heavy atom. The van der Waals surface area contributed by atoms with Crippen molar-refractivity contribution in [1.82, 2.24) is 9.97 Å². The van der Waals surface area contributed by atoms with E-state index in [1.165, 1.54) is 13.0 Å². The van der Waals surface area contributed by atoms with Crippen LogP contribution in [0, 0.1) is 22.9 Å². The van der Waals surface area contributed by atoms with Crippen molar-refractivity contribution < 1.29 is 14.1 Å². The lowest BCUT2D eigenvalue weighted by molar-refractivity contribution is -0.386. The smallest absolute Gasteiger partial charge is 0.352 e. The molecule has 7 nitrogen and oxygen atoms in total. The minimum absolute atomic E-state index is 0.0217. The second kappa shape index (κ2) is 5.88. The Kier molecular flexibility index (Phi) is 4.18. The van der Waals surface area contributed by atoms with E-state index >= 15 is 0 Å². The molecule has 2 rings (SSSR count). The van der Waals surface area contributed by atoms with Crippen molar-refractivity contribution in [2.24, 2.45) is 0 Å². The van der Waals surface area contributed by atoms with Crippen molar-refractivity contribution in [2.75, 3.05) is 12.4 Å². The number of rotatable bonds is 4. The van der Waals surface area contributed by atoms with Gasteiger partial charge < -0.3 is 10.1 Å². The molecule has 0 aliphatic rings. The minimum atomic E-state index is -0.651. The van der Waals surface area contributed by atoms with Crippen molar-refractivity contribution in [1.29, 1.82) is 0 Å². The number of hydrogen-bond donors (Lipinski definition) is 1. The third kappa shape index (κ3) is 3.16. The fourth-order valence-corrected chi connectivity index (χ4v) is 1.80. The fraction of sp³-hybridized carbons (Fsp3) is 0.167. The summed E-state index contributed by atoms with van der Waals surface area (Å²) in [5.74, 6) is -0.602. The van der Waals surface area contributed by atoms with Gasteiger partial charge in [-0.1, -0.05) is 11.6 Å². The molecule has 21 heavy (non-hydrogen) atoms. The SMILES string of the molecule is CNc1nc(C)c([N+](=O)[O-])c(Oc2ccc(F)cc2Cl)n1. The quantitative estimate of drug-likeness (QED) is 0.688. The molecular formula is C12H10ClFN4O3. The number of nitro groups is 1. The molecule has 0 unspecified atom stereocenters. The average molecular weight is 313 g/mol. The number of anilines is 1. The summed E-state index contributed by atoms with van der Waals surface area (Å²) in [5.41, 5.74) is -0.248. The number of halogens is 2. The van der Waals surface area contributed by atoms with Gasteiger partial charge in [0.25, 0.3) is 0 Å². The molecule has 0 bridgehead atoms. The van der Waals surface area contributed by atoms with Crippen molar-refractivity contribution in [2.45, 2.75) is 6.92 Å². The van der Waals surface area contributed by atoms with Gasteiger partial charge in [0, 0.05) is 7.05 Å². The van der Waals surface area contributed by atoms with Crippen molar-refractivity contribution in [3.8, 4) is 11.6 Å². The van der Waals surface area contributed by atoms with Gasteiger partial charge >= 0.3 is 11.6 Å². The molecule has 0 saturated carbocycles. The summed E-state index contributed by atoms with van der Waals surface area (Å²) >= 11 is 5.83. The Morgan fingerprint density at radius 1 is 1.43 bits per heavy atom. The molecule has 0 amide bonds. The highest BCUT2D eigenvalue weighted by Crippen LogP contribution is 2.35. The van der Waals surface area contributed by atoms with Crippen LogP contribution in [0.2, 0.25) is 5.02 Å². The first kappa shape index (κ1) is 14.9. The van der Waals surface area contributed by atoms with E-state index < -0.39 is 10.7 Å². The topological polar surface area (TPSA) is 90.2 Å². The average Bonchev–Trinajstić information content (AvgIpc) is 2.40. The lowest BCUT2D eigenvalue weighted by Crippen LogP contribution is -2.05. The van der Waals surface area contributed by atoms with Crippen LogP contribution in [-0.4, -0.2) is 21.9 Å². The summed E-state index contributed by atoms with van der Waals surface area (Å²) in [7, 11) is 1.56. The van der Waals surface area contributed by atoms with Crippen LogP contribution in [-0.2, 0) is 0 Å². The summed E-state index contributed by atoms with van der Waals surface area (Å²) in [4.78, 5) is 18.3. The molecule has 1 heterocycles. The van der Waals surface area contributed by atoms with Crippen LogP contribution in [0.25, 0.3) is 0 Å². The zero-order valence-corrected chi connectivity index (χ0v) is 11.8. The Hall–Kier alpha value is -2.48. The number of aryl methyl sites for hydroxylation is 1. The van der Waals surface area contributed by atoms with E-state index in [1.807, 2.05) is 0 Å². The first-order valence-electron chi connectivity index (χ1n) is 5.76. The molecule has 110 valence electrons. The molecule has 9 heteroatoms. The van der Waals surface area contributed by atoms with Gasteiger partial charge in [0.05, 0.1) is 9.95 Å². The van der Waals surface area contributed by atoms with Crippen LogP contribution in [0.5, 0.6) is 11.6 Å². The van der Waals surface area contributed by atoms with E-state index in [4.69, 9.17) is 16.3 Å². The van der Waals surface area contributed by atoms with Gasteiger partial charge in [0.15, 0.2) is 0 Å². The predicted octanol–water partition coefficient (Wildman–Crippen LogP) is 3.32. The lowest BCUT2D eigenvalue weighted by atomic mass is 10.3. The van der Waals surface area contributed by atoms with E-state index in [0.29, 0.717) is 0 Å². The van der Waals surface area contributed by atoms with Crippen LogP contribution in [0.1, 0.15) is 5.69 Å². The molecule has 0 radical (unpaired) electrons. The molecule has 0 fully saturated rings. The second-order valence-electron chi connectivity index (χ2n) is 3.97. The Balaban J connectivity index is 2.51. The summed E-state index contributed by atoms with van der Waals surface area (Å²) in [6, 6.07) is 3.42. The van der Waals surface area contributed by atoms with Crippen molar-refractivity contribution >= 4 is 23.2 Å². The van der Waals surface area contributed by atoms with Crippen LogP contribution in [0.15, 0.2) is 18.2 Å². The Bertz CT molecular complexity index is 711. The van der Waals surface area contributed by atoms with Gasteiger partial charge in [-0.2, -0.15) is 4.98 Å². The number of nitrogens with zero attached hydrogens (tertiary/aromatic N) is 3. The van der Waals surface area contributed by atoms with Gasteiger partial charge in [-0.15, -0.1) is 0 Å². The van der Waals surface area contributed by atoms with Gasteiger partial charge in [0.1, 0.15) is 17.3 Å². The van der Waals surface area contributed by atoms with E-state index in [0.717, 1.165) is 12.1 Å². The maximum absolute atomic E-state index is 13.0. The number of benzene rings is 1. The van der Waals surface area contributed by atoms with Gasteiger partial charge in [0.2, 0.25) is 5.95 Å². The Morgan fingerprint density at radius 2 is 2.14 bits per heavy atom. The number of hydrogen-bond acceptors (Lipinski definition) is 6. The normalized spacial score (nSPS) is 10.3. The lowest BCUT2D eigenvalue weighted by Gasteiger charge is -2.09. The fourth-order valence-electron chi connectivity index (χ4n) is 1.60.